The van der Waals surface area contributed by atoms with Gasteiger partial charge in [-0.05, 0) is 23.3 Å². The minimum atomic E-state index is -3.05. The molecule has 0 amide bonds. The summed E-state index contributed by atoms with van der Waals surface area (Å²) in [5, 5.41) is -1.41. The first-order valence-electron chi connectivity index (χ1n) is 7.76. The molecule has 6 nitrogen and oxygen atoms in total. The predicted molar refractivity (Wildman–Crippen MR) is 95.1 cm³/mol. The summed E-state index contributed by atoms with van der Waals surface area (Å²) in [5.41, 5.74) is 7.62. The summed E-state index contributed by atoms with van der Waals surface area (Å²) in [6, 6.07) is 15.7. The highest BCUT2D eigenvalue weighted by molar-refractivity contribution is 7.74. The summed E-state index contributed by atoms with van der Waals surface area (Å²) < 4.78 is 32.8. The number of methoxy groups -OCH3 is 1. The van der Waals surface area contributed by atoms with Crippen LogP contribution in [0.4, 0.5) is 0 Å². The maximum absolute atomic E-state index is 11.6. The van der Waals surface area contributed by atoms with Crippen LogP contribution >= 0.6 is 0 Å². The summed E-state index contributed by atoms with van der Waals surface area (Å²) in [5.74, 6) is -0.222. The number of benzene rings is 2. The van der Waals surface area contributed by atoms with Crippen LogP contribution in [-0.2, 0) is 26.7 Å². The van der Waals surface area contributed by atoms with Crippen LogP contribution in [0, 0.1) is 0 Å². The molecule has 7 heteroatoms. The number of hydrogen-bond donors (Lipinski definition) is 2. The zero-order valence-corrected chi connectivity index (χ0v) is 14.7. The Morgan fingerprint density at radius 1 is 1.08 bits per heavy atom. The van der Waals surface area contributed by atoms with Gasteiger partial charge < -0.3 is 15.2 Å². The largest absolute Gasteiger partial charge is 0.493 e. The van der Waals surface area contributed by atoms with E-state index in [-0.39, 0.29) is 0 Å². The van der Waals surface area contributed by atoms with Crippen LogP contribution in [0.2, 0.25) is 0 Å². The zero-order valence-electron chi connectivity index (χ0n) is 13.8. The van der Waals surface area contributed by atoms with Gasteiger partial charge in [0.2, 0.25) is 0 Å². The topological polar surface area (TPSA) is 95.7 Å². The number of carbonyl (C=O) groups excluding carboxylic acids is 1. The molecule has 2 atom stereocenters. The molecule has 0 aromatic heterocycles. The molecule has 2 N–H and O–H groups in total. The van der Waals surface area contributed by atoms with Gasteiger partial charge in [-0.3, -0.25) is 4.79 Å². The van der Waals surface area contributed by atoms with Crippen molar-refractivity contribution < 1.29 is 22.7 Å². The van der Waals surface area contributed by atoms with Gasteiger partial charge in [0.25, 0.3) is 0 Å². The second kappa shape index (κ2) is 9.19. The standard InChI is InChI=1S/C18H21NO5S/c1-23-18(20)17(25(21)22)16(19)14-7-9-15(10-8-14)24-12-11-13-5-3-2-4-6-13/h2-10,16-17,25H,11-12,19H2,1H3. The molecule has 2 rings (SSSR count). The molecule has 25 heavy (non-hydrogen) atoms. The highest BCUT2D eigenvalue weighted by Crippen LogP contribution is 2.21. The third-order valence-electron chi connectivity index (χ3n) is 3.78. The van der Waals surface area contributed by atoms with Gasteiger partial charge in [-0.15, -0.1) is 0 Å². The van der Waals surface area contributed by atoms with Gasteiger partial charge >= 0.3 is 5.97 Å². The van der Waals surface area contributed by atoms with E-state index in [0.29, 0.717) is 17.9 Å². The van der Waals surface area contributed by atoms with Gasteiger partial charge in [0.15, 0.2) is 16.0 Å². The van der Waals surface area contributed by atoms with Crippen LogP contribution < -0.4 is 10.5 Å². The summed E-state index contributed by atoms with van der Waals surface area (Å²) in [4.78, 5) is 11.6. The van der Waals surface area contributed by atoms with Crippen molar-refractivity contribution in [2.24, 2.45) is 5.73 Å². The number of carbonyl (C=O) groups is 1. The Balaban J connectivity index is 1.97. The molecule has 0 radical (unpaired) electrons. The molecule has 0 fully saturated rings. The summed E-state index contributed by atoms with van der Waals surface area (Å²) >= 11 is 0. The zero-order chi connectivity index (χ0) is 18.2. The second-order valence-electron chi connectivity index (χ2n) is 5.43. The van der Waals surface area contributed by atoms with Gasteiger partial charge in [0, 0.05) is 6.42 Å². The van der Waals surface area contributed by atoms with Crippen LogP contribution in [0.15, 0.2) is 54.6 Å². The van der Waals surface area contributed by atoms with E-state index in [0.717, 1.165) is 13.5 Å². The van der Waals surface area contributed by atoms with E-state index < -0.39 is 28.0 Å². The first kappa shape index (κ1) is 19.0. The third kappa shape index (κ3) is 5.30. The molecule has 2 aromatic carbocycles. The van der Waals surface area contributed by atoms with Gasteiger partial charge in [-0.2, -0.15) is 0 Å². The minimum absolute atomic E-state index is 0.519. The van der Waals surface area contributed by atoms with Gasteiger partial charge in [-0.1, -0.05) is 42.5 Å². The Labute approximate surface area is 148 Å². The van der Waals surface area contributed by atoms with Crippen LogP contribution in [-0.4, -0.2) is 33.4 Å². The monoisotopic (exact) mass is 363 g/mol. The van der Waals surface area contributed by atoms with Crippen LogP contribution in [0.5, 0.6) is 5.75 Å². The van der Waals surface area contributed by atoms with E-state index in [2.05, 4.69) is 4.74 Å². The van der Waals surface area contributed by atoms with Crippen molar-refractivity contribution in [2.75, 3.05) is 13.7 Å². The summed E-state index contributed by atoms with van der Waals surface area (Å²) in [6.07, 6.45) is 0.781. The minimum Gasteiger partial charge on any atom is -0.493 e. The average molecular weight is 363 g/mol. The lowest BCUT2D eigenvalue weighted by Gasteiger charge is -2.17. The van der Waals surface area contributed by atoms with Crippen LogP contribution in [0.25, 0.3) is 0 Å². The molecule has 0 saturated heterocycles. The van der Waals surface area contributed by atoms with Crippen molar-refractivity contribution in [2.45, 2.75) is 17.7 Å². The number of nitrogens with two attached hydrogens (primary N) is 1. The van der Waals surface area contributed by atoms with E-state index in [1.165, 1.54) is 5.56 Å². The van der Waals surface area contributed by atoms with Crippen LogP contribution in [0.1, 0.15) is 17.2 Å². The Hall–Kier alpha value is -2.38. The lowest BCUT2D eigenvalue weighted by molar-refractivity contribution is -0.140. The van der Waals surface area contributed by atoms with Crippen molar-refractivity contribution in [3.8, 4) is 5.75 Å². The number of esters is 1. The average Bonchev–Trinajstić information content (AvgIpc) is 2.62. The molecule has 0 aliphatic carbocycles. The first-order chi connectivity index (χ1) is 12.0. The fourth-order valence-corrected chi connectivity index (χ4v) is 3.10. The molecule has 0 spiro atoms. The summed E-state index contributed by atoms with van der Waals surface area (Å²) in [6.45, 7) is 0.520. The van der Waals surface area contributed by atoms with E-state index in [1.807, 2.05) is 30.3 Å². The molecule has 0 aliphatic heterocycles. The molecule has 0 aliphatic rings. The molecular weight excluding hydrogens is 342 g/mol. The molecule has 0 saturated carbocycles. The maximum atomic E-state index is 11.6. The summed E-state index contributed by atoms with van der Waals surface area (Å²) in [7, 11) is -1.92. The highest BCUT2D eigenvalue weighted by Gasteiger charge is 2.30. The van der Waals surface area contributed by atoms with Crippen molar-refractivity contribution in [3.05, 3.63) is 65.7 Å². The van der Waals surface area contributed by atoms with E-state index in [1.54, 1.807) is 24.3 Å². The number of rotatable bonds is 8. The SMILES string of the molecule is COC(=O)C(C(N)c1ccc(OCCc2ccccc2)cc1)[SH](=O)=O. The predicted octanol–water partition coefficient (Wildman–Crippen LogP) is 1.46. The molecule has 2 aromatic rings. The van der Waals surface area contributed by atoms with Crippen molar-refractivity contribution in [1.82, 2.24) is 0 Å². The highest BCUT2D eigenvalue weighted by atomic mass is 32.2. The lowest BCUT2D eigenvalue weighted by atomic mass is 10.0. The van der Waals surface area contributed by atoms with Crippen molar-refractivity contribution >= 4 is 16.7 Å². The van der Waals surface area contributed by atoms with Crippen molar-refractivity contribution in [1.29, 1.82) is 0 Å². The Bertz CT molecular complexity index is 751. The van der Waals surface area contributed by atoms with Crippen molar-refractivity contribution in [3.63, 3.8) is 0 Å². The lowest BCUT2D eigenvalue weighted by Crippen LogP contribution is -2.35. The molecular formula is C18H21NO5S. The Morgan fingerprint density at radius 3 is 2.28 bits per heavy atom. The molecule has 134 valence electrons. The quantitative estimate of drug-likeness (QED) is 0.545. The van der Waals surface area contributed by atoms with Crippen LogP contribution in [0.3, 0.4) is 0 Å². The van der Waals surface area contributed by atoms with Gasteiger partial charge in [0.1, 0.15) is 5.75 Å². The fourth-order valence-electron chi connectivity index (χ4n) is 2.38. The molecule has 2 unspecified atom stereocenters. The fraction of sp³-hybridized carbons (Fsp3) is 0.278. The normalized spacial score (nSPS) is 13.2. The maximum Gasteiger partial charge on any atom is 0.325 e. The Morgan fingerprint density at radius 2 is 1.72 bits per heavy atom. The molecule has 0 heterocycles. The number of hydrogen-bond acceptors (Lipinski definition) is 6. The molecule has 0 bridgehead atoms. The first-order valence-corrected chi connectivity index (χ1v) is 9.01. The number of ether oxygens (including phenoxy) is 2. The van der Waals surface area contributed by atoms with E-state index in [9.17, 15) is 13.2 Å². The van der Waals surface area contributed by atoms with E-state index in [4.69, 9.17) is 10.5 Å². The van der Waals surface area contributed by atoms with E-state index >= 15 is 0 Å². The van der Waals surface area contributed by atoms with Gasteiger partial charge in [0.05, 0.1) is 19.8 Å². The number of thiol groups is 1. The Kier molecular flexibility index (Phi) is 6.97. The third-order valence-corrected chi connectivity index (χ3v) is 4.76. The second-order valence-corrected chi connectivity index (χ2v) is 6.56. The smallest absolute Gasteiger partial charge is 0.325 e. The van der Waals surface area contributed by atoms with Gasteiger partial charge in [-0.25, -0.2) is 8.42 Å².